The number of nitrogens with one attached hydrogen (secondary N) is 1. The molecule has 0 aliphatic heterocycles. The largest absolute Gasteiger partial charge is 0.507 e. The van der Waals surface area contributed by atoms with E-state index >= 15 is 0 Å². The summed E-state index contributed by atoms with van der Waals surface area (Å²) >= 11 is 0. The van der Waals surface area contributed by atoms with Gasteiger partial charge in [-0.2, -0.15) is 18.3 Å². The molecule has 0 spiro atoms. The monoisotopic (exact) mass is 528 g/mol. The van der Waals surface area contributed by atoms with Gasteiger partial charge in [-0.3, -0.25) is 14.6 Å². The summed E-state index contributed by atoms with van der Waals surface area (Å²) in [5, 5.41) is 16.3. The Kier molecular flexibility index (Phi) is 7.02. The predicted octanol–water partition coefficient (Wildman–Crippen LogP) is 3.55. The Bertz CT molecular complexity index is 1490. The zero-order valence-corrected chi connectivity index (χ0v) is 19.4. The topological polar surface area (TPSA) is 149 Å². The molecule has 0 bridgehead atoms. The SMILES string of the molecule is NC(=O)c1c(-c2ccc(CNC(=O)c3cc(F)ccc3O)cc2)nn(C(c2cccnc2)C(F)(F)F)c1N. The molecule has 2 aromatic carbocycles. The third-order valence-electron chi connectivity index (χ3n) is 5.63. The molecular weight excluding hydrogens is 508 g/mol. The number of carbonyl (C=O) groups is 2. The molecule has 6 N–H and O–H groups in total. The summed E-state index contributed by atoms with van der Waals surface area (Å²) in [7, 11) is 0. The highest BCUT2D eigenvalue weighted by Crippen LogP contribution is 2.39. The first kappa shape index (κ1) is 26.1. The minimum Gasteiger partial charge on any atom is -0.507 e. The number of carbonyl (C=O) groups excluding carboxylic acids is 2. The van der Waals surface area contributed by atoms with Crippen LogP contribution >= 0.6 is 0 Å². The molecule has 1 unspecified atom stereocenters. The number of anilines is 1. The Hall–Kier alpha value is -4.94. The molecule has 4 rings (SSSR count). The van der Waals surface area contributed by atoms with Crippen molar-refractivity contribution in [2.24, 2.45) is 5.73 Å². The second-order valence-electron chi connectivity index (χ2n) is 8.19. The summed E-state index contributed by atoms with van der Waals surface area (Å²) in [5.74, 6) is -3.44. The van der Waals surface area contributed by atoms with Crippen molar-refractivity contribution >= 4 is 17.6 Å². The van der Waals surface area contributed by atoms with Crippen LogP contribution in [0.25, 0.3) is 11.3 Å². The Morgan fingerprint density at radius 3 is 2.42 bits per heavy atom. The van der Waals surface area contributed by atoms with E-state index in [1.54, 1.807) is 0 Å². The number of phenols is 1. The van der Waals surface area contributed by atoms with E-state index in [-0.39, 0.29) is 34.5 Å². The van der Waals surface area contributed by atoms with Crippen LogP contribution in [0, 0.1) is 5.82 Å². The second-order valence-corrected chi connectivity index (χ2v) is 8.19. The van der Waals surface area contributed by atoms with E-state index in [1.807, 2.05) is 0 Å². The molecule has 1 atom stereocenters. The summed E-state index contributed by atoms with van der Waals surface area (Å²) in [5.41, 5.74) is 11.2. The number of aromatic hydroxyl groups is 1. The molecule has 0 aliphatic rings. The first-order valence-electron chi connectivity index (χ1n) is 11.0. The van der Waals surface area contributed by atoms with E-state index < -0.39 is 41.4 Å². The van der Waals surface area contributed by atoms with Crippen molar-refractivity contribution in [2.45, 2.75) is 18.8 Å². The van der Waals surface area contributed by atoms with Gasteiger partial charge in [-0.05, 0) is 29.8 Å². The molecular formula is C25H20F4N6O3. The summed E-state index contributed by atoms with van der Waals surface area (Å²) in [6.07, 6.45) is -2.49. The smallest absolute Gasteiger partial charge is 0.415 e. The number of nitrogens with zero attached hydrogens (tertiary/aromatic N) is 3. The number of phenolic OH excluding ortho intramolecular Hbond substituents is 1. The molecule has 4 aromatic rings. The average molecular weight is 528 g/mol. The van der Waals surface area contributed by atoms with Gasteiger partial charge in [0.1, 0.15) is 28.6 Å². The summed E-state index contributed by atoms with van der Waals surface area (Å²) < 4.78 is 56.1. The number of alkyl halides is 3. The van der Waals surface area contributed by atoms with Gasteiger partial charge in [-0.1, -0.05) is 30.3 Å². The van der Waals surface area contributed by atoms with Crippen molar-refractivity contribution in [1.82, 2.24) is 20.1 Å². The van der Waals surface area contributed by atoms with Crippen LogP contribution in [0.15, 0.2) is 67.0 Å². The molecule has 9 nitrogen and oxygen atoms in total. The van der Waals surface area contributed by atoms with Crippen LogP contribution in [0.3, 0.4) is 0 Å². The molecule has 13 heteroatoms. The van der Waals surface area contributed by atoms with Crippen molar-refractivity contribution in [3.8, 4) is 17.0 Å². The third kappa shape index (κ3) is 5.26. The molecule has 38 heavy (non-hydrogen) atoms. The summed E-state index contributed by atoms with van der Waals surface area (Å²) in [6.45, 7) is -0.0223. The fourth-order valence-electron chi connectivity index (χ4n) is 3.84. The van der Waals surface area contributed by atoms with Crippen LogP contribution in [0.1, 0.15) is 37.9 Å². The van der Waals surface area contributed by atoms with Crippen LogP contribution in [0.5, 0.6) is 5.75 Å². The predicted molar refractivity (Wildman–Crippen MR) is 128 cm³/mol. The highest BCUT2D eigenvalue weighted by molar-refractivity contribution is 6.03. The molecule has 2 heterocycles. The number of nitrogens with two attached hydrogens (primary N) is 2. The lowest BCUT2D eigenvalue weighted by Gasteiger charge is -2.22. The van der Waals surface area contributed by atoms with E-state index in [9.17, 15) is 32.3 Å². The lowest BCUT2D eigenvalue weighted by Crippen LogP contribution is -2.30. The van der Waals surface area contributed by atoms with Crippen LogP contribution < -0.4 is 16.8 Å². The molecule has 0 radical (unpaired) electrons. The van der Waals surface area contributed by atoms with Crippen molar-refractivity contribution in [1.29, 1.82) is 0 Å². The zero-order valence-electron chi connectivity index (χ0n) is 19.4. The molecule has 0 fully saturated rings. The maximum atomic E-state index is 14.1. The van der Waals surface area contributed by atoms with E-state index in [4.69, 9.17) is 11.5 Å². The molecule has 2 aromatic heterocycles. The van der Waals surface area contributed by atoms with Crippen LogP contribution in [-0.4, -0.2) is 37.9 Å². The Morgan fingerprint density at radius 1 is 1.11 bits per heavy atom. The number of nitrogen functional groups attached to an aromatic ring is 1. The number of halogens is 4. The minimum atomic E-state index is -4.83. The number of hydrogen-bond acceptors (Lipinski definition) is 6. The Labute approximate surface area is 212 Å². The fourth-order valence-corrected chi connectivity index (χ4v) is 3.84. The van der Waals surface area contributed by atoms with Gasteiger partial charge >= 0.3 is 6.18 Å². The van der Waals surface area contributed by atoms with E-state index in [1.165, 1.54) is 42.6 Å². The van der Waals surface area contributed by atoms with Crippen molar-refractivity contribution in [2.75, 3.05) is 5.73 Å². The van der Waals surface area contributed by atoms with Crippen LogP contribution in [0.2, 0.25) is 0 Å². The quantitative estimate of drug-likeness (QED) is 0.270. The van der Waals surface area contributed by atoms with Gasteiger partial charge in [0.25, 0.3) is 11.8 Å². The van der Waals surface area contributed by atoms with Crippen molar-refractivity contribution in [3.05, 3.63) is 95.1 Å². The first-order chi connectivity index (χ1) is 18.0. The minimum absolute atomic E-state index is 0.0223. The van der Waals surface area contributed by atoms with Gasteiger partial charge in [-0.15, -0.1) is 0 Å². The fraction of sp³-hybridized carbons (Fsp3) is 0.120. The summed E-state index contributed by atoms with van der Waals surface area (Å²) in [6, 6.07) is 9.16. The van der Waals surface area contributed by atoms with Gasteiger partial charge < -0.3 is 21.9 Å². The second kappa shape index (κ2) is 10.2. The van der Waals surface area contributed by atoms with Crippen LogP contribution in [0.4, 0.5) is 23.4 Å². The number of rotatable bonds is 7. The molecule has 0 aliphatic carbocycles. The van der Waals surface area contributed by atoms with Gasteiger partial charge in [0.2, 0.25) is 0 Å². The molecule has 2 amide bonds. The first-order valence-corrected chi connectivity index (χ1v) is 11.0. The number of hydrogen-bond donors (Lipinski definition) is 4. The normalized spacial score (nSPS) is 12.2. The van der Waals surface area contributed by atoms with E-state index in [0.29, 0.717) is 10.2 Å². The standard InChI is InChI=1S/C25H20F4N6O3/c26-16-7-8-18(36)17(10-16)24(38)33-11-13-3-5-14(6-4-13)20-19(23(31)37)22(30)35(34-20)21(25(27,28)29)15-2-1-9-32-12-15/h1-10,12,21,36H,11,30H2,(H2,31,37)(H,33,38). The number of amides is 2. The highest BCUT2D eigenvalue weighted by atomic mass is 19.4. The maximum Gasteiger partial charge on any atom is 0.415 e. The van der Waals surface area contributed by atoms with Gasteiger partial charge in [-0.25, -0.2) is 9.07 Å². The average Bonchev–Trinajstić information content (AvgIpc) is 3.21. The van der Waals surface area contributed by atoms with E-state index in [2.05, 4.69) is 15.4 Å². The maximum absolute atomic E-state index is 14.1. The van der Waals surface area contributed by atoms with E-state index in [0.717, 1.165) is 24.4 Å². The summed E-state index contributed by atoms with van der Waals surface area (Å²) in [4.78, 5) is 28.2. The Balaban J connectivity index is 1.63. The Morgan fingerprint density at radius 2 is 1.82 bits per heavy atom. The highest BCUT2D eigenvalue weighted by Gasteiger charge is 2.45. The van der Waals surface area contributed by atoms with Gasteiger partial charge in [0, 0.05) is 30.1 Å². The number of benzene rings is 2. The molecule has 196 valence electrons. The zero-order chi connectivity index (χ0) is 27.6. The van der Waals surface area contributed by atoms with Gasteiger partial charge in [0.15, 0.2) is 6.04 Å². The number of pyridine rings is 1. The lowest BCUT2D eigenvalue weighted by molar-refractivity contribution is -0.158. The van der Waals surface area contributed by atoms with Crippen molar-refractivity contribution in [3.63, 3.8) is 0 Å². The molecule has 0 saturated heterocycles. The lowest BCUT2D eigenvalue weighted by atomic mass is 10.0. The van der Waals surface area contributed by atoms with Gasteiger partial charge in [0.05, 0.1) is 5.56 Å². The van der Waals surface area contributed by atoms with Crippen LogP contribution in [-0.2, 0) is 6.54 Å². The third-order valence-corrected chi connectivity index (χ3v) is 5.63. The number of primary amides is 1. The number of aromatic nitrogens is 3. The van der Waals surface area contributed by atoms with Crippen molar-refractivity contribution < 1.29 is 32.3 Å². The molecule has 0 saturated carbocycles.